The minimum absolute atomic E-state index is 0.310. The van der Waals surface area contributed by atoms with Crippen LogP contribution in [0.1, 0.15) is 24.5 Å². The molecule has 0 bridgehead atoms. The summed E-state index contributed by atoms with van der Waals surface area (Å²) in [5, 5.41) is 2.92. The van der Waals surface area contributed by atoms with E-state index in [0.717, 1.165) is 44.7 Å². The zero-order valence-corrected chi connectivity index (χ0v) is 19.0. The van der Waals surface area contributed by atoms with Crippen molar-refractivity contribution in [2.24, 2.45) is 0 Å². The second kappa shape index (κ2) is 10.7. The fourth-order valence-electron chi connectivity index (χ4n) is 3.80. The zero-order chi connectivity index (χ0) is 22.3. The molecule has 7 nitrogen and oxygen atoms in total. The lowest BCUT2D eigenvalue weighted by atomic mass is 10.1. The number of anilines is 1. The van der Waals surface area contributed by atoms with E-state index in [1.807, 2.05) is 25.1 Å². The Labute approximate surface area is 185 Å². The van der Waals surface area contributed by atoms with E-state index in [2.05, 4.69) is 22.3 Å². The minimum atomic E-state index is -3.62. The molecule has 1 amide bonds. The second-order valence-electron chi connectivity index (χ2n) is 7.74. The fourth-order valence-corrected chi connectivity index (χ4v) is 5.01. The Hall–Kier alpha value is -2.42. The SMILES string of the molecule is CC[C@H](C(=O)NCc1cccc(CN2CCOCC2)c1)N(c1ccccc1)S(C)(=O)=O. The van der Waals surface area contributed by atoms with E-state index < -0.39 is 16.1 Å². The summed E-state index contributed by atoms with van der Waals surface area (Å²) >= 11 is 0. The number of hydrogen-bond donors (Lipinski definition) is 1. The van der Waals surface area contributed by atoms with Crippen molar-refractivity contribution >= 4 is 21.6 Å². The van der Waals surface area contributed by atoms with Crippen LogP contribution in [-0.2, 0) is 32.6 Å². The highest BCUT2D eigenvalue weighted by atomic mass is 32.2. The highest BCUT2D eigenvalue weighted by molar-refractivity contribution is 7.92. The second-order valence-corrected chi connectivity index (χ2v) is 9.60. The van der Waals surface area contributed by atoms with Crippen molar-refractivity contribution in [1.82, 2.24) is 10.2 Å². The number of nitrogens with zero attached hydrogens (tertiary/aromatic N) is 2. The average Bonchev–Trinajstić information content (AvgIpc) is 2.76. The third-order valence-electron chi connectivity index (χ3n) is 5.31. The topological polar surface area (TPSA) is 79.0 Å². The van der Waals surface area contributed by atoms with Crippen molar-refractivity contribution in [2.45, 2.75) is 32.5 Å². The molecule has 1 aliphatic heterocycles. The van der Waals surface area contributed by atoms with Gasteiger partial charge in [-0.2, -0.15) is 0 Å². The van der Waals surface area contributed by atoms with Crippen LogP contribution in [0.25, 0.3) is 0 Å². The molecule has 168 valence electrons. The van der Waals surface area contributed by atoms with Gasteiger partial charge in [-0.25, -0.2) is 8.42 Å². The zero-order valence-electron chi connectivity index (χ0n) is 18.2. The number of amides is 1. The maximum absolute atomic E-state index is 13.0. The van der Waals surface area contributed by atoms with Crippen LogP contribution in [0, 0.1) is 0 Å². The van der Waals surface area contributed by atoms with Gasteiger partial charge in [0.1, 0.15) is 6.04 Å². The van der Waals surface area contributed by atoms with Gasteiger partial charge >= 0.3 is 0 Å². The Morgan fingerprint density at radius 3 is 2.42 bits per heavy atom. The van der Waals surface area contributed by atoms with E-state index in [1.165, 1.54) is 9.87 Å². The summed E-state index contributed by atoms with van der Waals surface area (Å²) in [6.45, 7) is 6.35. The fraction of sp³-hybridized carbons (Fsp3) is 0.435. The number of nitrogens with one attached hydrogen (secondary N) is 1. The van der Waals surface area contributed by atoms with Crippen molar-refractivity contribution in [3.05, 3.63) is 65.7 Å². The molecule has 1 N–H and O–H groups in total. The van der Waals surface area contributed by atoms with Crippen LogP contribution < -0.4 is 9.62 Å². The number of benzene rings is 2. The Kier molecular flexibility index (Phi) is 8.06. The summed E-state index contributed by atoms with van der Waals surface area (Å²) < 4.78 is 31.6. The van der Waals surface area contributed by atoms with Crippen LogP contribution in [-0.4, -0.2) is 57.8 Å². The van der Waals surface area contributed by atoms with Crippen molar-refractivity contribution in [3.8, 4) is 0 Å². The first-order chi connectivity index (χ1) is 14.9. The lowest BCUT2D eigenvalue weighted by Crippen LogP contribution is -2.49. The van der Waals surface area contributed by atoms with E-state index in [-0.39, 0.29) is 5.91 Å². The first kappa shape index (κ1) is 23.2. The number of hydrogen-bond acceptors (Lipinski definition) is 5. The minimum Gasteiger partial charge on any atom is -0.379 e. The molecule has 0 aromatic heterocycles. The smallest absolute Gasteiger partial charge is 0.244 e. The summed E-state index contributed by atoms with van der Waals surface area (Å²) in [5.74, 6) is -0.310. The van der Waals surface area contributed by atoms with Gasteiger partial charge in [0.15, 0.2) is 0 Å². The molecule has 1 heterocycles. The van der Waals surface area contributed by atoms with Crippen LogP contribution in [0.2, 0.25) is 0 Å². The molecule has 0 saturated carbocycles. The van der Waals surface area contributed by atoms with Crippen LogP contribution in [0.4, 0.5) is 5.69 Å². The molecule has 3 rings (SSSR count). The normalized spacial score (nSPS) is 15.9. The third-order valence-corrected chi connectivity index (χ3v) is 6.49. The molecule has 2 aromatic rings. The van der Waals surface area contributed by atoms with E-state index >= 15 is 0 Å². The van der Waals surface area contributed by atoms with Crippen molar-refractivity contribution in [1.29, 1.82) is 0 Å². The standard InChI is InChI=1S/C23H31N3O4S/c1-3-22(26(31(2,28)29)21-10-5-4-6-11-21)23(27)24-17-19-8-7-9-20(16-19)18-25-12-14-30-15-13-25/h4-11,16,22H,3,12-15,17-18H2,1-2H3,(H,24,27)/t22-/m1/s1. The number of morpholine rings is 1. The molecule has 1 fully saturated rings. The molecule has 0 unspecified atom stereocenters. The van der Waals surface area contributed by atoms with Gasteiger partial charge in [0.25, 0.3) is 0 Å². The molecule has 0 spiro atoms. The van der Waals surface area contributed by atoms with Gasteiger partial charge < -0.3 is 10.1 Å². The first-order valence-corrected chi connectivity index (χ1v) is 12.4. The Morgan fingerprint density at radius 1 is 1.10 bits per heavy atom. The monoisotopic (exact) mass is 445 g/mol. The number of ether oxygens (including phenoxy) is 1. The van der Waals surface area contributed by atoms with E-state index in [9.17, 15) is 13.2 Å². The summed E-state index contributed by atoms with van der Waals surface area (Å²) in [6, 6.07) is 16.0. The lowest BCUT2D eigenvalue weighted by molar-refractivity contribution is -0.122. The first-order valence-electron chi connectivity index (χ1n) is 10.6. The van der Waals surface area contributed by atoms with Gasteiger partial charge in [-0.05, 0) is 29.7 Å². The summed E-state index contributed by atoms with van der Waals surface area (Å²) in [6.07, 6.45) is 1.50. The summed E-state index contributed by atoms with van der Waals surface area (Å²) in [5.41, 5.74) is 2.65. The van der Waals surface area contributed by atoms with E-state index in [4.69, 9.17) is 4.74 Å². The number of para-hydroxylation sites is 1. The number of carbonyl (C=O) groups is 1. The number of sulfonamides is 1. The van der Waals surface area contributed by atoms with Crippen molar-refractivity contribution in [2.75, 3.05) is 36.9 Å². The quantitative estimate of drug-likeness (QED) is 0.641. The molecule has 31 heavy (non-hydrogen) atoms. The summed E-state index contributed by atoms with van der Waals surface area (Å²) in [7, 11) is -3.62. The van der Waals surface area contributed by atoms with Gasteiger partial charge in [0, 0.05) is 26.2 Å². The van der Waals surface area contributed by atoms with E-state index in [0.29, 0.717) is 18.7 Å². The Bertz CT molecular complexity index is 960. The molecular formula is C23H31N3O4S. The average molecular weight is 446 g/mol. The van der Waals surface area contributed by atoms with Crippen LogP contribution in [0.15, 0.2) is 54.6 Å². The molecule has 1 atom stereocenters. The van der Waals surface area contributed by atoms with Gasteiger partial charge in [0.05, 0.1) is 25.2 Å². The lowest BCUT2D eigenvalue weighted by Gasteiger charge is -2.30. The van der Waals surface area contributed by atoms with Crippen molar-refractivity contribution in [3.63, 3.8) is 0 Å². The van der Waals surface area contributed by atoms with Gasteiger partial charge in [0.2, 0.25) is 15.9 Å². The molecule has 0 radical (unpaired) electrons. The molecule has 2 aromatic carbocycles. The van der Waals surface area contributed by atoms with Gasteiger partial charge in [-0.15, -0.1) is 0 Å². The molecular weight excluding hydrogens is 414 g/mol. The predicted octanol–water partition coefficient (Wildman–Crippen LogP) is 2.38. The van der Waals surface area contributed by atoms with Crippen molar-refractivity contribution < 1.29 is 17.9 Å². The van der Waals surface area contributed by atoms with E-state index in [1.54, 1.807) is 24.3 Å². The Balaban J connectivity index is 1.67. The third kappa shape index (κ3) is 6.53. The van der Waals surface area contributed by atoms with Crippen LogP contribution >= 0.6 is 0 Å². The Morgan fingerprint density at radius 2 is 1.77 bits per heavy atom. The number of rotatable bonds is 9. The highest BCUT2D eigenvalue weighted by Gasteiger charge is 2.31. The van der Waals surface area contributed by atoms with Crippen LogP contribution in [0.3, 0.4) is 0 Å². The molecule has 8 heteroatoms. The molecule has 1 aliphatic rings. The number of carbonyl (C=O) groups excluding carboxylic acids is 1. The molecule has 0 aliphatic carbocycles. The highest BCUT2D eigenvalue weighted by Crippen LogP contribution is 2.22. The largest absolute Gasteiger partial charge is 0.379 e. The van der Waals surface area contributed by atoms with Crippen LogP contribution in [0.5, 0.6) is 0 Å². The molecule has 1 saturated heterocycles. The van der Waals surface area contributed by atoms with Gasteiger partial charge in [-0.1, -0.05) is 49.4 Å². The maximum atomic E-state index is 13.0. The predicted molar refractivity (Wildman–Crippen MR) is 122 cm³/mol. The maximum Gasteiger partial charge on any atom is 0.244 e. The summed E-state index contributed by atoms with van der Waals surface area (Å²) in [4.78, 5) is 15.3. The van der Waals surface area contributed by atoms with Gasteiger partial charge in [-0.3, -0.25) is 14.0 Å².